The lowest BCUT2D eigenvalue weighted by Crippen LogP contribution is -2.34. The summed E-state index contributed by atoms with van der Waals surface area (Å²) in [4.78, 5) is 13.3. The van der Waals surface area contributed by atoms with Gasteiger partial charge in [-0.05, 0) is 59.3 Å². The van der Waals surface area contributed by atoms with Crippen LogP contribution in [0.25, 0.3) is 0 Å². The van der Waals surface area contributed by atoms with Crippen LogP contribution in [-0.2, 0) is 23.8 Å². The number of halogens is 1. The fourth-order valence-corrected chi connectivity index (χ4v) is 5.75. The number of ketones is 1. The second kappa shape index (κ2) is 12.9. The Balaban J connectivity index is 1.81. The first-order valence-corrected chi connectivity index (χ1v) is 14.8. The number of Topliss-reactive ketones (excluding diaryl/α,β-unsaturated/α-hetero) is 1. The largest absolute Gasteiger partial charge is 0.493 e. The van der Waals surface area contributed by atoms with Crippen molar-refractivity contribution in [1.29, 1.82) is 5.26 Å². The Morgan fingerprint density at radius 3 is 2.57 bits per heavy atom. The minimum Gasteiger partial charge on any atom is -0.493 e. The van der Waals surface area contributed by atoms with E-state index in [1.54, 1.807) is 6.07 Å². The lowest BCUT2D eigenvalue weighted by Gasteiger charge is -2.35. The van der Waals surface area contributed by atoms with E-state index in [4.69, 9.17) is 14.2 Å². The molecule has 1 aromatic rings. The number of carbonyl (C=O) groups is 1. The Morgan fingerprint density at radius 2 is 1.92 bits per heavy atom. The number of dihydropyridines is 1. The molecule has 1 heterocycles. The maximum atomic E-state index is 13.3. The van der Waals surface area contributed by atoms with Crippen molar-refractivity contribution in [3.05, 3.63) is 44.7 Å². The van der Waals surface area contributed by atoms with Crippen molar-refractivity contribution in [2.24, 2.45) is 5.92 Å². The van der Waals surface area contributed by atoms with Gasteiger partial charge in [0, 0.05) is 23.4 Å². The van der Waals surface area contributed by atoms with Crippen molar-refractivity contribution < 1.29 is 31.6 Å². The normalized spacial score (nSPS) is 19.8. The highest BCUT2D eigenvalue weighted by molar-refractivity contribution is 9.10. The molecule has 0 saturated carbocycles. The van der Waals surface area contributed by atoms with Crippen LogP contribution < -0.4 is 14.8 Å². The second-order valence-corrected chi connectivity index (χ2v) is 11.6. The van der Waals surface area contributed by atoms with E-state index < -0.39 is 16.0 Å². The van der Waals surface area contributed by atoms with Crippen molar-refractivity contribution >= 4 is 31.8 Å². The quantitative estimate of drug-likeness (QED) is 0.277. The predicted octanol–water partition coefficient (Wildman–Crippen LogP) is 4.35. The molecule has 202 valence electrons. The molecule has 0 amide bonds. The fraction of sp³-hybridized carbons (Fsp3) is 0.538. The van der Waals surface area contributed by atoms with Crippen molar-refractivity contribution in [3.63, 3.8) is 0 Å². The van der Waals surface area contributed by atoms with Gasteiger partial charge in [0.05, 0.1) is 55.2 Å². The molecule has 1 aromatic carbocycles. The number of nitriles is 1. The zero-order chi connectivity index (χ0) is 27.2. The lowest BCUT2D eigenvalue weighted by molar-refractivity contribution is -0.117. The number of benzene rings is 1. The number of methoxy groups -OCH3 is 1. The lowest BCUT2D eigenvalue weighted by atomic mass is 9.72. The first-order chi connectivity index (χ1) is 17.6. The predicted molar refractivity (Wildman–Crippen MR) is 142 cm³/mol. The number of allylic oxidation sites excluding steroid dienone is 4. The monoisotopic (exact) mass is 596 g/mol. The molecule has 0 spiro atoms. The minimum atomic E-state index is -3.50. The first kappa shape index (κ1) is 29.2. The molecule has 2 unspecified atom stereocenters. The highest BCUT2D eigenvalue weighted by Gasteiger charge is 2.39. The van der Waals surface area contributed by atoms with E-state index in [0.717, 1.165) is 42.5 Å². The first-order valence-electron chi connectivity index (χ1n) is 12.2. The van der Waals surface area contributed by atoms with Crippen LogP contribution in [0.15, 0.2) is 39.1 Å². The molecule has 1 aliphatic heterocycles. The number of nitrogens with zero attached hydrogens (tertiary/aromatic N) is 1. The van der Waals surface area contributed by atoms with E-state index in [1.807, 2.05) is 13.0 Å². The molecule has 2 atom stereocenters. The third-order valence-corrected chi connectivity index (χ3v) is 7.50. The number of rotatable bonds is 12. The molecule has 37 heavy (non-hydrogen) atoms. The Hall–Kier alpha value is -2.39. The van der Waals surface area contributed by atoms with Crippen LogP contribution in [-0.4, -0.2) is 54.0 Å². The number of hydrogen-bond donors (Lipinski definition) is 1. The molecule has 9 nitrogen and oxygen atoms in total. The summed E-state index contributed by atoms with van der Waals surface area (Å²) in [6.45, 7) is 4.43. The molecule has 0 bridgehead atoms. The number of ether oxygens (including phenoxy) is 3. The minimum absolute atomic E-state index is 0.0687. The molecule has 1 N–H and O–H groups in total. The highest BCUT2D eigenvalue weighted by Crippen LogP contribution is 2.47. The van der Waals surface area contributed by atoms with E-state index in [2.05, 4.69) is 38.4 Å². The Labute approximate surface area is 227 Å². The average Bonchev–Trinajstić information content (AvgIpc) is 2.82. The summed E-state index contributed by atoms with van der Waals surface area (Å²) in [5.74, 6) is 0.798. The SMILES string of the molecule is CCCC1CC(=O)C2=C(C1)NC(C)=C(C#N)C2c1cc(Br)c(OCCOCCOS(C)(=O)=O)c(OC)c1. The molecule has 0 aromatic heterocycles. The van der Waals surface area contributed by atoms with Crippen LogP contribution in [0.5, 0.6) is 11.5 Å². The van der Waals surface area contributed by atoms with Crippen LogP contribution in [0.3, 0.4) is 0 Å². The number of carbonyl (C=O) groups excluding carboxylic acids is 1. The van der Waals surface area contributed by atoms with Crippen LogP contribution in [0.1, 0.15) is 51.0 Å². The van der Waals surface area contributed by atoms with Gasteiger partial charge in [-0.1, -0.05) is 13.3 Å². The van der Waals surface area contributed by atoms with Gasteiger partial charge in [-0.15, -0.1) is 0 Å². The summed E-state index contributed by atoms with van der Waals surface area (Å²) in [6, 6.07) is 5.97. The van der Waals surface area contributed by atoms with Gasteiger partial charge in [0.25, 0.3) is 10.1 Å². The number of nitrogens with one attached hydrogen (secondary N) is 1. The van der Waals surface area contributed by atoms with Crippen molar-refractivity contribution in [2.45, 2.75) is 45.4 Å². The topological polar surface area (TPSA) is 124 Å². The van der Waals surface area contributed by atoms with Gasteiger partial charge < -0.3 is 19.5 Å². The Kier molecular flexibility index (Phi) is 10.2. The van der Waals surface area contributed by atoms with E-state index in [1.165, 1.54) is 7.11 Å². The highest BCUT2D eigenvalue weighted by atomic mass is 79.9. The standard InChI is InChI=1S/C26H33BrN2O7S/c1-5-6-17-11-21-25(22(30)12-17)24(19(15-28)16(2)29-21)18-13-20(27)26(23(14-18)33-3)35-9-7-34-8-10-36-37(4,31)32/h13-14,17,24,29H,5-12H2,1-4H3. The molecular formula is C26H33BrN2O7S. The van der Waals surface area contributed by atoms with Crippen LogP contribution in [0, 0.1) is 17.2 Å². The van der Waals surface area contributed by atoms with Gasteiger partial charge in [0.15, 0.2) is 17.3 Å². The molecular weight excluding hydrogens is 564 g/mol. The van der Waals surface area contributed by atoms with Gasteiger partial charge in [0.2, 0.25) is 0 Å². The van der Waals surface area contributed by atoms with Gasteiger partial charge in [-0.2, -0.15) is 13.7 Å². The van der Waals surface area contributed by atoms with Crippen LogP contribution >= 0.6 is 15.9 Å². The Morgan fingerprint density at radius 1 is 1.19 bits per heavy atom. The van der Waals surface area contributed by atoms with Crippen molar-refractivity contribution in [2.75, 3.05) is 39.8 Å². The molecule has 0 fully saturated rings. The summed E-state index contributed by atoms with van der Waals surface area (Å²) >= 11 is 3.56. The fourth-order valence-electron chi connectivity index (χ4n) is 4.81. The molecule has 1 aliphatic carbocycles. The summed E-state index contributed by atoms with van der Waals surface area (Å²) in [7, 11) is -1.97. The van der Waals surface area contributed by atoms with Gasteiger partial charge in [-0.3, -0.25) is 8.98 Å². The molecule has 0 radical (unpaired) electrons. The smallest absolute Gasteiger partial charge is 0.264 e. The van der Waals surface area contributed by atoms with Crippen LogP contribution in [0.2, 0.25) is 0 Å². The average molecular weight is 598 g/mol. The summed E-state index contributed by atoms with van der Waals surface area (Å²) in [5, 5.41) is 13.3. The molecule has 11 heteroatoms. The van der Waals surface area contributed by atoms with Crippen molar-refractivity contribution in [1.82, 2.24) is 5.32 Å². The summed E-state index contributed by atoms with van der Waals surface area (Å²) in [6.07, 6.45) is 4.26. The maximum Gasteiger partial charge on any atom is 0.264 e. The summed E-state index contributed by atoms with van der Waals surface area (Å²) in [5.41, 5.74) is 3.58. The Bertz CT molecular complexity index is 1230. The van der Waals surface area contributed by atoms with Gasteiger partial charge in [-0.25, -0.2) is 0 Å². The van der Waals surface area contributed by atoms with E-state index in [0.29, 0.717) is 39.5 Å². The van der Waals surface area contributed by atoms with Crippen molar-refractivity contribution in [3.8, 4) is 17.6 Å². The van der Waals surface area contributed by atoms with Crippen LogP contribution in [0.4, 0.5) is 0 Å². The molecule has 0 saturated heterocycles. The van der Waals surface area contributed by atoms with Gasteiger partial charge >= 0.3 is 0 Å². The molecule has 2 aliphatic rings. The van der Waals surface area contributed by atoms with E-state index >= 15 is 0 Å². The van der Waals surface area contributed by atoms with E-state index in [-0.39, 0.29) is 32.2 Å². The van der Waals surface area contributed by atoms with Gasteiger partial charge in [0.1, 0.15) is 6.61 Å². The van der Waals surface area contributed by atoms with E-state index in [9.17, 15) is 18.5 Å². The third-order valence-electron chi connectivity index (χ3n) is 6.31. The maximum absolute atomic E-state index is 13.3. The summed E-state index contributed by atoms with van der Waals surface area (Å²) < 4.78 is 44.0. The zero-order valence-corrected chi connectivity index (χ0v) is 24.0. The zero-order valence-electron chi connectivity index (χ0n) is 21.6. The molecule has 3 rings (SSSR count). The number of hydrogen-bond acceptors (Lipinski definition) is 9. The second-order valence-electron chi connectivity index (χ2n) is 9.11. The third kappa shape index (κ3) is 7.35.